The van der Waals surface area contributed by atoms with Crippen LogP contribution in [0.5, 0.6) is 5.75 Å². The Labute approximate surface area is 95.6 Å². The highest BCUT2D eigenvalue weighted by Crippen LogP contribution is 2.24. The van der Waals surface area contributed by atoms with Crippen molar-refractivity contribution in [3.63, 3.8) is 0 Å². The molecule has 0 N–H and O–H groups in total. The van der Waals surface area contributed by atoms with Gasteiger partial charge in [-0.05, 0) is 37.0 Å². The topological polar surface area (TPSA) is 42.2 Å². The average Bonchev–Trinajstić information content (AvgIpc) is 2.26. The smallest absolute Gasteiger partial charge is 0.136 e. The number of nitriles is 1. The molecule has 0 saturated heterocycles. The van der Waals surface area contributed by atoms with Crippen molar-refractivity contribution in [1.29, 1.82) is 5.26 Å². The third-order valence-corrected chi connectivity index (χ3v) is 2.92. The molecule has 3 nitrogen and oxygen atoms in total. The summed E-state index contributed by atoms with van der Waals surface area (Å²) in [6.45, 7) is 0.604. The summed E-state index contributed by atoms with van der Waals surface area (Å²) in [7, 11) is 1.58. The van der Waals surface area contributed by atoms with E-state index >= 15 is 0 Å². The molecule has 84 valence electrons. The first-order valence-corrected chi connectivity index (χ1v) is 5.52. The van der Waals surface area contributed by atoms with Crippen LogP contribution in [0.2, 0.25) is 0 Å². The van der Waals surface area contributed by atoms with Gasteiger partial charge in [0, 0.05) is 0 Å². The van der Waals surface area contributed by atoms with Crippen LogP contribution in [0.1, 0.15) is 30.4 Å². The number of rotatable bonds is 4. The fourth-order valence-corrected chi connectivity index (χ4v) is 1.67. The van der Waals surface area contributed by atoms with Crippen LogP contribution < -0.4 is 4.74 Å². The lowest BCUT2D eigenvalue weighted by molar-refractivity contribution is -0.00871. The highest BCUT2D eigenvalue weighted by Gasteiger charge is 2.17. The Morgan fingerprint density at radius 3 is 2.81 bits per heavy atom. The van der Waals surface area contributed by atoms with Gasteiger partial charge < -0.3 is 9.47 Å². The molecule has 0 unspecified atom stereocenters. The maximum absolute atomic E-state index is 8.84. The van der Waals surface area contributed by atoms with Crippen LogP contribution in [0.25, 0.3) is 0 Å². The highest BCUT2D eigenvalue weighted by atomic mass is 16.5. The van der Waals surface area contributed by atoms with E-state index in [-0.39, 0.29) is 0 Å². The summed E-state index contributed by atoms with van der Waals surface area (Å²) >= 11 is 0. The number of methoxy groups -OCH3 is 1. The maximum Gasteiger partial charge on any atom is 0.136 e. The van der Waals surface area contributed by atoms with Crippen LogP contribution in [0, 0.1) is 11.3 Å². The van der Waals surface area contributed by atoms with Crippen molar-refractivity contribution < 1.29 is 9.47 Å². The molecular weight excluding hydrogens is 202 g/mol. The molecule has 0 heterocycles. The molecule has 1 aromatic carbocycles. The number of nitrogens with zero attached hydrogens (tertiary/aromatic N) is 1. The first-order valence-electron chi connectivity index (χ1n) is 5.52. The normalized spacial score (nSPS) is 15.2. The lowest BCUT2D eigenvalue weighted by Gasteiger charge is -2.25. The second-order valence-corrected chi connectivity index (χ2v) is 4.01. The Hall–Kier alpha value is -1.53. The summed E-state index contributed by atoms with van der Waals surface area (Å²) in [5, 5.41) is 8.84. The Kier molecular flexibility index (Phi) is 3.43. The molecule has 1 aromatic rings. The van der Waals surface area contributed by atoms with E-state index in [0.717, 1.165) is 5.56 Å². The molecule has 0 spiro atoms. The molecule has 0 aromatic heterocycles. The second-order valence-electron chi connectivity index (χ2n) is 4.01. The van der Waals surface area contributed by atoms with Gasteiger partial charge in [0.2, 0.25) is 0 Å². The number of benzene rings is 1. The van der Waals surface area contributed by atoms with Crippen molar-refractivity contribution in [2.24, 2.45) is 0 Å². The van der Waals surface area contributed by atoms with Gasteiger partial charge in [-0.1, -0.05) is 6.07 Å². The molecule has 0 amide bonds. The molecule has 1 aliphatic rings. The molecule has 0 radical (unpaired) electrons. The Bertz CT molecular complexity index is 405. The summed E-state index contributed by atoms with van der Waals surface area (Å²) in [5.41, 5.74) is 1.62. The van der Waals surface area contributed by atoms with Crippen LogP contribution in [0.3, 0.4) is 0 Å². The summed E-state index contributed by atoms with van der Waals surface area (Å²) in [5.74, 6) is 0.622. The van der Waals surface area contributed by atoms with E-state index < -0.39 is 0 Å². The van der Waals surface area contributed by atoms with E-state index in [9.17, 15) is 0 Å². The van der Waals surface area contributed by atoms with Gasteiger partial charge in [-0.25, -0.2) is 0 Å². The molecular formula is C13H15NO2. The highest BCUT2D eigenvalue weighted by molar-refractivity contribution is 5.45. The zero-order valence-corrected chi connectivity index (χ0v) is 9.40. The van der Waals surface area contributed by atoms with Gasteiger partial charge in [0.25, 0.3) is 0 Å². The number of hydrogen-bond donors (Lipinski definition) is 0. The Morgan fingerprint density at radius 1 is 1.44 bits per heavy atom. The first-order chi connectivity index (χ1) is 7.83. The summed E-state index contributed by atoms with van der Waals surface area (Å²) < 4.78 is 10.8. The average molecular weight is 217 g/mol. The van der Waals surface area contributed by atoms with Gasteiger partial charge in [0.05, 0.1) is 25.4 Å². The van der Waals surface area contributed by atoms with Crippen molar-refractivity contribution in [2.45, 2.75) is 32.0 Å². The van der Waals surface area contributed by atoms with Gasteiger partial charge >= 0.3 is 0 Å². The lowest BCUT2D eigenvalue weighted by atomic mass is 9.96. The molecule has 2 rings (SSSR count). The van der Waals surface area contributed by atoms with Crippen molar-refractivity contribution in [3.05, 3.63) is 29.3 Å². The van der Waals surface area contributed by atoms with Crippen LogP contribution >= 0.6 is 0 Å². The van der Waals surface area contributed by atoms with Crippen LogP contribution in [0.15, 0.2) is 18.2 Å². The predicted octanol–water partition coefficient (Wildman–Crippen LogP) is 2.64. The minimum Gasteiger partial charge on any atom is -0.495 e. The summed E-state index contributed by atoms with van der Waals surface area (Å²) in [4.78, 5) is 0. The Morgan fingerprint density at radius 2 is 2.25 bits per heavy atom. The largest absolute Gasteiger partial charge is 0.495 e. The maximum atomic E-state index is 8.84. The molecule has 16 heavy (non-hydrogen) atoms. The second kappa shape index (κ2) is 5.00. The molecule has 1 aliphatic carbocycles. The third-order valence-electron chi connectivity index (χ3n) is 2.92. The van der Waals surface area contributed by atoms with Gasteiger partial charge in [-0.2, -0.15) is 5.26 Å². The van der Waals surface area contributed by atoms with E-state index in [1.54, 1.807) is 13.2 Å². The standard InChI is InChI=1S/C13H15NO2/c1-15-13-7-10(5-6-11(13)8-14)9-16-12-3-2-4-12/h5-7,12H,2-4,9H2,1H3. The van der Waals surface area contributed by atoms with Crippen molar-refractivity contribution in [2.75, 3.05) is 7.11 Å². The van der Waals surface area contributed by atoms with E-state index in [1.165, 1.54) is 19.3 Å². The van der Waals surface area contributed by atoms with E-state index in [1.807, 2.05) is 12.1 Å². The van der Waals surface area contributed by atoms with Gasteiger partial charge in [-0.15, -0.1) is 0 Å². The monoisotopic (exact) mass is 217 g/mol. The van der Waals surface area contributed by atoms with E-state index in [2.05, 4.69) is 6.07 Å². The summed E-state index contributed by atoms with van der Waals surface area (Å²) in [6, 6.07) is 7.66. The van der Waals surface area contributed by atoms with Crippen molar-refractivity contribution >= 4 is 0 Å². The zero-order chi connectivity index (χ0) is 11.4. The van der Waals surface area contributed by atoms with Crippen molar-refractivity contribution in [3.8, 4) is 11.8 Å². The molecule has 0 aliphatic heterocycles. The van der Waals surface area contributed by atoms with Gasteiger partial charge in [-0.3, -0.25) is 0 Å². The number of ether oxygens (including phenoxy) is 2. The van der Waals surface area contributed by atoms with Crippen LogP contribution in [-0.4, -0.2) is 13.2 Å². The summed E-state index contributed by atoms with van der Waals surface area (Å²) in [6.07, 6.45) is 4.06. The minimum absolute atomic E-state index is 0.432. The lowest BCUT2D eigenvalue weighted by Crippen LogP contribution is -2.21. The fourth-order valence-electron chi connectivity index (χ4n) is 1.67. The van der Waals surface area contributed by atoms with Gasteiger partial charge in [0.15, 0.2) is 0 Å². The van der Waals surface area contributed by atoms with Gasteiger partial charge in [0.1, 0.15) is 11.8 Å². The SMILES string of the molecule is COc1cc(COC2CCC2)ccc1C#N. The molecule has 0 atom stereocenters. The Balaban J connectivity index is 2.01. The molecule has 1 fully saturated rings. The first kappa shape index (κ1) is 11.0. The quantitative estimate of drug-likeness (QED) is 0.778. The fraction of sp³-hybridized carbons (Fsp3) is 0.462. The minimum atomic E-state index is 0.432. The molecule has 1 saturated carbocycles. The zero-order valence-electron chi connectivity index (χ0n) is 9.40. The predicted molar refractivity (Wildman–Crippen MR) is 60.1 cm³/mol. The van der Waals surface area contributed by atoms with E-state index in [4.69, 9.17) is 14.7 Å². The van der Waals surface area contributed by atoms with Crippen LogP contribution in [0.4, 0.5) is 0 Å². The molecule has 0 bridgehead atoms. The van der Waals surface area contributed by atoms with Crippen LogP contribution in [-0.2, 0) is 11.3 Å². The third kappa shape index (κ3) is 2.34. The number of hydrogen-bond acceptors (Lipinski definition) is 3. The van der Waals surface area contributed by atoms with E-state index in [0.29, 0.717) is 24.0 Å². The molecule has 3 heteroatoms. The van der Waals surface area contributed by atoms with Crippen molar-refractivity contribution in [1.82, 2.24) is 0 Å².